The first kappa shape index (κ1) is 18.6. The highest BCUT2D eigenvalue weighted by molar-refractivity contribution is 6.39. The Balaban J connectivity index is 1.99. The van der Waals surface area contributed by atoms with Gasteiger partial charge in [-0.1, -0.05) is 44.2 Å². The second kappa shape index (κ2) is 7.19. The minimum atomic E-state index is -0.734. The molecule has 1 saturated heterocycles. The molecule has 0 unspecified atom stereocenters. The monoisotopic (exact) mass is 362 g/mol. The van der Waals surface area contributed by atoms with Gasteiger partial charge in [0, 0.05) is 0 Å². The topological polar surface area (TPSA) is 66.5 Å². The Morgan fingerprint density at radius 2 is 1.52 bits per heavy atom. The van der Waals surface area contributed by atoms with Gasteiger partial charge < -0.3 is 0 Å². The summed E-state index contributed by atoms with van der Waals surface area (Å²) in [6, 6.07) is 12.4. The number of anilines is 1. The second-order valence-electron chi connectivity index (χ2n) is 7.13. The zero-order chi connectivity index (χ0) is 19.7. The Morgan fingerprint density at radius 3 is 2.07 bits per heavy atom. The van der Waals surface area contributed by atoms with Crippen LogP contribution in [0.5, 0.6) is 0 Å². The van der Waals surface area contributed by atoms with Crippen LogP contribution in [-0.2, 0) is 9.59 Å². The van der Waals surface area contributed by atoms with Gasteiger partial charge in [-0.3, -0.25) is 14.9 Å². The predicted octanol–water partition coefficient (Wildman–Crippen LogP) is 4.09. The molecule has 0 aromatic heterocycles. The molecular weight excluding hydrogens is 340 g/mol. The average Bonchev–Trinajstić information content (AvgIpc) is 2.58. The zero-order valence-electron chi connectivity index (χ0n) is 15.9. The van der Waals surface area contributed by atoms with Crippen LogP contribution in [0, 0.1) is 13.8 Å². The van der Waals surface area contributed by atoms with Crippen molar-refractivity contribution >= 4 is 29.6 Å². The first-order valence-electron chi connectivity index (χ1n) is 8.86. The fourth-order valence-electron chi connectivity index (χ4n) is 3.12. The van der Waals surface area contributed by atoms with Crippen molar-refractivity contribution in [2.75, 3.05) is 4.90 Å². The summed E-state index contributed by atoms with van der Waals surface area (Å²) in [5.74, 6) is -0.913. The molecule has 5 nitrogen and oxygen atoms in total. The number of nitrogens with zero attached hydrogens (tertiary/aromatic N) is 1. The molecule has 0 aliphatic carbocycles. The number of nitrogens with one attached hydrogen (secondary N) is 1. The maximum absolute atomic E-state index is 12.9. The fraction of sp³-hybridized carbons (Fsp3) is 0.227. The van der Waals surface area contributed by atoms with Crippen molar-refractivity contribution < 1.29 is 14.4 Å². The van der Waals surface area contributed by atoms with Crippen LogP contribution in [0.2, 0.25) is 0 Å². The largest absolute Gasteiger partial charge is 0.335 e. The molecule has 1 N–H and O–H groups in total. The van der Waals surface area contributed by atoms with Gasteiger partial charge in [-0.2, -0.15) is 0 Å². The van der Waals surface area contributed by atoms with E-state index in [0.29, 0.717) is 11.6 Å². The molecule has 0 saturated carbocycles. The van der Waals surface area contributed by atoms with Crippen molar-refractivity contribution in [2.24, 2.45) is 0 Å². The summed E-state index contributed by atoms with van der Waals surface area (Å²) in [4.78, 5) is 38.5. The summed E-state index contributed by atoms with van der Waals surface area (Å²) in [6.07, 6.45) is 1.52. The summed E-state index contributed by atoms with van der Waals surface area (Å²) in [5, 5.41) is 2.26. The average molecular weight is 362 g/mol. The second-order valence-corrected chi connectivity index (χ2v) is 7.13. The molecule has 2 aromatic carbocycles. The van der Waals surface area contributed by atoms with Gasteiger partial charge in [0.15, 0.2) is 0 Å². The van der Waals surface area contributed by atoms with Gasteiger partial charge in [0.25, 0.3) is 11.8 Å². The summed E-state index contributed by atoms with van der Waals surface area (Å²) in [5.41, 5.74) is 4.14. The van der Waals surface area contributed by atoms with Gasteiger partial charge in [-0.05, 0) is 60.2 Å². The number of barbiturate groups is 1. The van der Waals surface area contributed by atoms with Crippen LogP contribution in [0.15, 0.2) is 48.0 Å². The summed E-state index contributed by atoms with van der Waals surface area (Å²) >= 11 is 0. The normalized spacial score (nSPS) is 16.3. The van der Waals surface area contributed by atoms with Gasteiger partial charge >= 0.3 is 6.03 Å². The lowest BCUT2D eigenvalue weighted by Gasteiger charge is -2.27. The molecule has 1 aliphatic heterocycles. The Kier molecular flexibility index (Phi) is 4.95. The maximum atomic E-state index is 12.9. The lowest BCUT2D eigenvalue weighted by atomic mass is 10.00. The Bertz CT molecular complexity index is 936. The molecule has 1 heterocycles. The Morgan fingerprint density at radius 1 is 0.926 bits per heavy atom. The summed E-state index contributed by atoms with van der Waals surface area (Å²) < 4.78 is 0. The molecule has 5 heteroatoms. The standard InChI is InChI=1S/C22H22N2O3/c1-13(2)17-7-5-16(6-8-17)12-19-20(25)23-22(27)24(21(19)26)18-10-14(3)9-15(4)11-18/h5-13H,1-4H3,(H,23,25,27)/b19-12+. The van der Waals surface area contributed by atoms with E-state index in [1.54, 1.807) is 12.1 Å². The van der Waals surface area contributed by atoms with Crippen LogP contribution in [0.1, 0.15) is 42.0 Å². The number of rotatable bonds is 3. The molecule has 138 valence electrons. The van der Waals surface area contributed by atoms with E-state index in [4.69, 9.17) is 0 Å². The van der Waals surface area contributed by atoms with Crippen LogP contribution in [0.25, 0.3) is 6.08 Å². The van der Waals surface area contributed by atoms with Gasteiger partial charge in [0.1, 0.15) is 5.57 Å². The summed E-state index contributed by atoms with van der Waals surface area (Å²) in [6.45, 7) is 7.97. The predicted molar refractivity (Wildman–Crippen MR) is 105 cm³/mol. The molecule has 0 spiro atoms. The molecule has 3 rings (SSSR count). The molecule has 0 bridgehead atoms. The number of carbonyl (C=O) groups is 3. The number of amides is 4. The number of hydrogen-bond donors (Lipinski definition) is 1. The van der Waals surface area contributed by atoms with Crippen molar-refractivity contribution in [1.29, 1.82) is 0 Å². The van der Waals surface area contributed by atoms with Crippen LogP contribution in [0.4, 0.5) is 10.5 Å². The van der Waals surface area contributed by atoms with Crippen molar-refractivity contribution in [3.63, 3.8) is 0 Å². The first-order chi connectivity index (χ1) is 12.8. The maximum Gasteiger partial charge on any atom is 0.335 e. The molecule has 0 radical (unpaired) electrons. The quantitative estimate of drug-likeness (QED) is 0.660. The lowest BCUT2D eigenvalue weighted by Crippen LogP contribution is -2.54. The smallest absolute Gasteiger partial charge is 0.273 e. The number of urea groups is 1. The fourth-order valence-corrected chi connectivity index (χ4v) is 3.12. The highest BCUT2D eigenvalue weighted by Crippen LogP contribution is 2.24. The molecule has 27 heavy (non-hydrogen) atoms. The van der Waals surface area contributed by atoms with Crippen molar-refractivity contribution in [2.45, 2.75) is 33.6 Å². The van der Waals surface area contributed by atoms with E-state index in [1.165, 1.54) is 11.6 Å². The highest BCUT2D eigenvalue weighted by atomic mass is 16.2. The Labute approximate surface area is 158 Å². The lowest BCUT2D eigenvalue weighted by molar-refractivity contribution is -0.122. The summed E-state index contributed by atoms with van der Waals surface area (Å²) in [7, 11) is 0. The number of carbonyl (C=O) groups excluding carboxylic acids is 3. The van der Waals surface area contributed by atoms with E-state index >= 15 is 0 Å². The number of hydrogen-bond acceptors (Lipinski definition) is 3. The Hall–Kier alpha value is -3.21. The highest BCUT2D eigenvalue weighted by Gasteiger charge is 2.36. The SMILES string of the molecule is Cc1cc(C)cc(N2C(=O)NC(=O)/C(=C\c3ccc(C(C)C)cc3)C2=O)c1. The third-order valence-corrected chi connectivity index (χ3v) is 4.48. The number of aryl methyl sites for hydroxylation is 2. The van der Waals surface area contributed by atoms with Gasteiger partial charge in [0.2, 0.25) is 0 Å². The van der Waals surface area contributed by atoms with Gasteiger partial charge in [-0.15, -0.1) is 0 Å². The van der Waals surface area contributed by atoms with Crippen molar-refractivity contribution in [3.05, 3.63) is 70.3 Å². The zero-order valence-corrected chi connectivity index (χ0v) is 15.9. The molecule has 0 atom stereocenters. The van der Waals surface area contributed by atoms with E-state index in [-0.39, 0.29) is 5.57 Å². The molecule has 1 fully saturated rings. The van der Waals surface area contributed by atoms with Crippen LogP contribution >= 0.6 is 0 Å². The number of benzene rings is 2. The van der Waals surface area contributed by atoms with E-state index in [1.807, 2.05) is 44.2 Å². The van der Waals surface area contributed by atoms with Crippen LogP contribution < -0.4 is 10.2 Å². The van der Waals surface area contributed by atoms with Crippen molar-refractivity contribution in [1.82, 2.24) is 5.32 Å². The third-order valence-electron chi connectivity index (χ3n) is 4.48. The third kappa shape index (κ3) is 3.82. The van der Waals surface area contributed by atoms with Gasteiger partial charge in [-0.25, -0.2) is 9.69 Å². The number of imide groups is 2. The molecule has 4 amide bonds. The molecular formula is C22H22N2O3. The minimum absolute atomic E-state index is 0.0638. The minimum Gasteiger partial charge on any atom is -0.273 e. The van der Waals surface area contributed by atoms with E-state index in [9.17, 15) is 14.4 Å². The van der Waals surface area contributed by atoms with Crippen molar-refractivity contribution in [3.8, 4) is 0 Å². The van der Waals surface area contributed by atoms with E-state index in [2.05, 4.69) is 19.2 Å². The first-order valence-corrected chi connectivity index (χ1v) is 8.86. The van der Waals surface area contributed by atoms with Crippen LogP contribution in [0.3, 0.4) is 0 Å². The molecule has 1 aliphatic rings. The molecule has 2 aromatic rings. The van der Waals surface area contributed by atoms with E-state index < -0.39 is 17.8 Å². The van der Waals surface area contributed by atoms with Gasteiger partial charge in [0.05, 0.1) is 5.69 Å². The van der Waals surface area contributed by atoms with E-state index in [0.717, 1.165) is 21.6 Å². The van der Waals surface area contributed by atoms with Crippen LogP contribution in [-0.4, -0.2) is 17.8 Å².